The number of pyridine rings is 1. The third-order valence-corrected chi connectivity index (χ3v) is 9.19. The lowest BCUT2D eigenvalue weighted by Gasteiger charge is -2.47. The van der Waals surface area contributed by atoms with Gasteiger partial charge in [-0.15, -0.1) is 0 Å². The Morgan fingerprint density at radius 2 is 1.86 bits per heavy atom. The van der Waals surface area contributed by atoms with E-state index in [-0.39, 0.29) is 49.4 Å². The van der Waals surface area contributed by atoms with E-state index in [1.54, 1.807) is 12.1 Å². The molecule has 2 atom stereocenters. The number of aliphatic carboxylic acids is 1. The van der Waals surface area contributed by atoms with Crippen LogP contribution in [0.25, 0.3) is 11.3 Å². The highest BCUT2D eigenvalue weighted by molar-refractivity contribution is 5.98. The van der Waals surface area contributed by atoms with Crippen molar-refractivity contribution in [1.82, 2.24) is 14.8 Å². The number of hydrogen-bond acceptors (Lipinski definition) is 6. The number of β-amino-alcohol motifs (C(OH)–C–C–N with tert-alkyl or cyclic N) is 1. The van der Waals surface area contributed by atoms with Crippen LogP contribution in [0.3, 0.4) is 0 Å². The van der Waals surface area contributed by atoms with Gasteiger partial charge in [0.25, 0.3) is 5.91 Å². The van der Waals surface area contributed by atoms with Gasteiger partial charge < -0.3 is 24.7 Å². The predicted octanol–water partition coefficient (Wildman–Crippen LogP) is 4.76. The lowest BCUT2D eigenvalue weighted by Crippen LogP contribution is -2.53. The van der Waals surface area contributed by atoms with Crippen LogP contribution in [0.1, 0.15) is 55.8 Å². The number of carboxylic acid groups (broad SMARTS) is 1. The molecular weight excluding hydrogens is 558 g/mol. The number of aliphatic hydroxyl groups excluding tert-OH is 1. The van der Waals surface area contributed by atoms with E-state index in [0.717, 1.165) is 23.8 Å². The molecule has 1 aromatic carbocycles. The molecule has 3 aliphatic rings. The van der Waals surface area contributed by atoms with Crippen LogP contribution in [-0.2, 0) is 4.79 Å². The van der Waals surface area contributed by atoms with Gasteiger partial charge in [0.15, 0.2) is 0 Å². The van der Waals surface area contributed by atoms with E-state index in [1.807, 2.05) is 4.90 Å². The van der Waals surface area contributed by atoms with Crippen molar-refractivity contribution in [1.29, 1.82) is 0 Å². The molecular formula is C30H35F4N3O5. The molecule has 1 saturated carbocycles. The third-order valence-electron chi connectivity index (χ3n) is 9.19. The first-order chi connectivity index (χ1) is 19.8. The number of hydrogen-bond donors (Lipinski definition) is 2. The van der Waals surface area contributed by atoms with Crippen molar-refractivity contribution in [2.24, 2.45) is 11.3 Å². The Kier molecular flexibility index (Phi) is 8.23. The van der Waals surface area contributed by atoms with Gasteiger partial charge in [-0.05, 0) is 81.9 Å². The maximum atomic E-state index is 15.1. The standard InChI is InChI=1S/C30H35F4N3O5/c1-28(27(40)41)14-21(38)16-37(28)26(39)20-3-5-23(24(31)13-20)25-6-4-22(15-35-25)42-17-19-7-11-36(12-8-19)18-29(9-2-10-29)30(32,33)34/h3-6,13,15,19,21,38H,2,7-12,14,16-18H2,1H3,(H,40,41). The Bertz CT molecular complexity index is 1310. The molecule has 3 fully saturated rings. The molecule has 0 bridgehead atoms. The van der Waals surface area contributed by atoms with E-state index in [1.165, 1.54) is 25.3 Å². The summed E-state index contributed by atoms with van der Waals surface area (Å²) in [6.45, 7) is 2.89. The van der Waals surface area contributed by atoms with Crippen molar-refractivity contribution in [3.8, 4) is 17.0 Å². The molecule has 2 unspecified atom stereocenters. The number of amides is 1. The minimum atomic E-state index is -4.16. The van der Waals surface area contributed by atoms with Crippen LogP contribution >= 0.6 is 0 Å². The van der Waals surface area contributed by atoms with Gasteiger partial charge in [0, 0.05) is 30.6 Å². The maximum Gasteiger partial charge on any atom is 0.395 e. The maximum absolute atomic E-state index is 15.1. The Labute approximate surface area is 241 Å². The lowest BCUT2D eigenvalue weighted by atomic mass is 9.67. The normalized spacial score (nSPS) is 24.8. The third kappa shape index (κ3) is 5.83. The zero-order valence-electron chi connectivity index (χ0n) is 23.4. The highest BCUT2D eigenvalue weighted by atomic mass is 19.4. The topological polar surface area (TPSA) is 103 Å². The fraction of sp³-hybridized carbons (Fsp3) is 0.567. The van der Waals surface area contributed by atoms with Gasteiger partial charge in [0.2, 0.25) is 0 Å². The number of alkyl halides is 3. The summed E-state index contributed by atoms with van der Waals surface area (Å²) in [4.78, 5) is 32.0. The highest BCUT2D eigenvalue weighted by Crippen LogP contribution is 2.53. The molecule has 8 nitrogen and oxygen atoms in total. The van der Waals surface area contributed by atoms with Crippen LogP contribution in [0, 0.1) is 17.2 Å². The number of likely N-dealkylation sites (tertiary alicyclic amines) is 2. The molecule has 2 aliphatic heterocycles. The van der Waals surface area contributed by atoms with Gasteiger partial charge >= 0.3 is 12.1 Å². The molecule has 0 radical (unpaired) electrons. The predicted molar refractivity (Wildman–Crippen MR) is 144 cm³/mol. The van der Waals surface area contributed by atoms with Gasteiger partial charge in [-0.3, -0.25) is 9.78 Å². The number of piperidine rings is 1. The van der Waals surface area contributed by atoms with Crippen LogP contribution in [0.2, 0.25) is 0 Å². The van der Waals surface area contributed by atoms with E-state index in [2.05, 4.69) is 4.98 Å². The van der Waals surface area contributed by atoms with Gasteiger partial charge in [-0.2, -0.15) is 13.2 Å². The number of carbonyl (C=O) groups is 2. The largest absolute Gasteiger partial charge is 0.492 e. The van der Waals surface area contributed by atoms with Crippen molar-refractivity contribution >= 4 is 11.9 Å². The van der Waals surface area contributed by atoms with Gasteiger partial charge in [-0.25, -0.2) is 9.18 Å². The van der Waals surface area contributed by atoms with E-state index < -0.39 is 40.9 Å². The molecule has 5 rings (SSSR count). The number of aromatic nitrogens is 1. The molecule has 12 heteroatoms. The second-order valence-electron chi connectivity index (χ2n) is 12.1. The monoisotopic (exact) mass is 593 g/mol. The second-order valence-corrected chi connectivity index (χ2v) is 12.1. The molecule has 42 heavy (non-hydrogen) atoms. The number of benzene rings is 1. The molecule has 0 spiro atoms. The fourth-order valence-corrected chi connectivity index (χ4v) is 6.28. The summed E-state index contributed by atoms with van der Waals surface area (Å²) >= 11 is 0. The van der Waals surface area contributed by atoms with Crippen LogP contribution in [-0.4, -0.2) is 87.5 Å². The smallest absolute Gasteiger partial charge is 0.395 e. The van der Waals surface area contributed by atoms with Gasteiger partial charge in [0.1, 0.15) is 17.1 Å². The molecule has 228 valence electrons. The van der Waals surface area contributed by atoms with E-state index >= 15 is 4.39 Å². The summed E-state index contributed by atoms with van der Waals surface area (Å²) < 4.78 is 61.5. The number of carbonyl (C=O) groups excluding carboxylic acids is 1. The van der Waals surface area contributed by atoms with E-state index in [4.69, 9.17) is 4.74 Å². The van der Waals surface area contributed by atoms with Crippen molar-refractivity contribution < 1.29 is 42.1 Å². The summed E-state index contributed by atoms with van der Waals surface area (Å²) in [6, 6.07) is 7.07. The molecule has 1 aromatic heterocycles. The van der Waals surface area contributed by atoms with Crippen molar-refractivity contribution in [2.45, 2.75) is 63.3 Å². The van der Waals surface area contributed by atoms with Gasteiger partial charge in [-0.1, -0.05) is 6.42 Å². The van der Waals surface area contributed by atoms with Crippen LogP contribution in [0.15, 0.2) is 36.5 Å². The minimum Gasteiger partial charge on any atom is -0.492 e. The molecule has 2 N–H and O–H groups in total. The second kappa shape index (κ2) is 11.4. The zero-order valence-corrected chi connectivity index (χ0v) is 23.4. The summed E-state index contributed by atoms with van der Waals surface area (Å²) in [7, 11) is 0. The number of aliphatic hydroxyl groups is 1. The number of ether oxygens (including phenoxy) is 1. The molecule has 1 aliphatic carbocycles. The summed E-state index contributed by atoms with van der Waals surface area (Å²) in [5.41, 5.74) is -2.71. The lowest BCUT2D eigenvalue weighted by molar-refractivity contribution is -0.256. The van der Waals surface area contributed by atoms with E-state index in [9.17, 15) is 33.0 Å². The fourth-order valence-electron chi connectivity index (χ4n) is 6.28. The summed E-state index contributed by atoms with van der Waals surface area (Å²) in [5.74, 6) is -1.94. The number of nitrogens with zero attached hydrogens (tertiary/aromatic N) is 3. The first-order valence-corrected chi connectivity index (χ1v) is 14.2. The van der Waals surface area contributed by atoms with E-state index in [0.29, 0.717) is 37.6 Å². The van der Waals surface area contributed by atoms with Crippen LogP contribution in [0.5, 0.6) is 5.75 Å². The molecule has 3 heterocycles. The number of rotatable bonds is 8. The molecule has 2 saturated heterocycles. The number of carboxylic acids is 1. The molecule has 2 aromatic rings. The zero-order chi connectivity index (χ0) is 30.3. The Morgan fingerprint density at radius 3 is 2.40 bits per heavy atom. The van der Waals surface area contributed by atoms with Crippen molar-refractivity contribution in [3.05, 3.63) is 47.9 Å². The Morgan fingerprint density at radius 1 is 1.14 bits per heavy atom. The SMILES string of the molecule is CC1(C(=O)O)CC(O)CN1C(=O)c1ccc(-c2ccc(OCC3CCN(CC4(C(F)(F)F)CCC4)CC3)cn2)c(F)c1. The first-order valence-electron chi connectivity index (χ1n) is 14.2. The van der Waals surface area contributed by atoms with Gasteiger partial charge in [0.05, 0.1) is 30.0 Å². The molecule has 1 amide bonds. The van der Waals surface area contributed by atoms with Crippen LogP contribution in [0.4, 0.5) is 17.6 Å². The minimum absolute atomic E-state index is 0.0370. The summed E-state index contributed by atoms with van der Waals surface area (Å²) in [5, 5.41) is 19.5. The summed E-state index contributed by atoms with van der Waals surface area (Å²) in [6.07, 6.45) is -1.24. The van der Waals surface area contributed by atoms with Crippen molar-refractivity contribution in [3.63, 3.8) is 0 Å². The van der Waals surface area contributed by atoms with Crippen LogP contribution < -0.4 is 4.74 Å². The Balaban J connectivity index is 1.14. The highest BCUT2D eigenvalue weighted by Gasteiger charge is 2.58. The average Bonchev–Trinajstić information content (AvgIpc) is 3.24. The quantitative estimate of drug-likeness (QED) is 0.426. The van der Waals surface area contributed by atoms with Crippen molar-refractivity contribution in [2.75, 3.05) is 32.8 Å². The average molecular weight is 594 g/mol. The first kappa shape index (κ1) is 30.2. The Hall–Kier alpha value is -3.25. The number of halogens is 4.